The number of ether oxygens (including phenoxy) is 2. The second-order valence-corrected chi connectivity index (χ2v) is 12.3. The molecule has 0 aliphatic carbocycles. The van der Waals surface area contributed by atoms with Crippen LogP contribution in [0.4, 0.5) is 0 Å². The van der Waals surface area contributed by atoms with E-state index in [0.29, 0.717) is 0 Å². The maximum atomic E-state index is 6.59. The van der Waals surface area contributed by atoms with Gasteiger partial charge in [0.1, 0.15) is 11.5 Å². The third-order valence-corrected chi connectivity index (χ3v) is 8.68. The standard InChI is InChI=1S/C34H23BN2O2S.Pt/c1-34(2,3)22-18-29-32-30(19-22)39-28-14-12-21(33-37-26-9-4-5-10-31(26)40-33)17-24(28)35(32)23-16-20(11-13-27(23)38-29)25-8-6-7-15-36-25;/h4-15,18-19H,1-3H3;/q-2;+2. The molecule has 0 N–H and O–H groups in total. The van der Waals surface area contributed by atoms with Gasteiger partial charge in [0.2, 0.25) is 6.71 Å². The van der Waals surface area contributed by atoms with Crippen molar-refractivity contribution in [1.29, 1.82) is 0 Å². The zero-order valence-corrected chi connectivity index (χ0v) is 25.7. The van der Waals surface area contributed by atoms with Gasteiger partial charge in [-0.25, -0.2) is 0 Å². The molecular weight excluding hydrogens is 706 g/mol. The van der Waals surface area contributed by atoms with Gasteiger partial charge < -0.3 is 14.5 Å². The first-order chi connectivity index (χ1) is 19.4. The van der Waals surface area contributed by atoms with Crippen molar-refractivity contribution in [1.82, 2.24) is 9.97 Å². The number of nitrogens with zero attached hydrogens (tertiary/aromatic N) is 2. The van der Waals surface area contributed by atoms with E-state index >= 15 is 0 Å². The van der Waals surface area contributed by atoms with Gasteiger partial charge in [0, 0.05) is 32.9 Å². The molecule has 2 aliphatic rings. The fraction of sp³-hybridized carbons (Fsp3) is 0.118. The van der Waals surface area contributed by atoms with E-state index in [1.807, 2.05) is 48.7 Å². The van der Waals surface area contributed by atoms with Crippen molar-refractivity contribution in [3.8, 4) is 44.8 Å². The predicted molar refractivity (Wildman–Crippen MR) is 162 cm³/mol. The summed E-state index contributed by atoms with van der Waals surface area (Å²) in [7, 11) is 0. The Morgan fingerprint density at radius 3 is 2.07 bits per heavy atom. The number of para-hydroxylation sites is 1. The van der Waals surface area contributed by atoms with Gasteiger partial charge in [-0.3, -0.25) is 4.98 Å². The molecule has 8 rings (SSSR count). The summed E-state index contributed by atoms with van der Waals surface area (Å²) in [6, 6.07) is 34.1. The van der Waals surface area contributed by atoms with Crippen molar-refractivity contribution in [2.75, 3.05) is 0 Å². The van der Waals surface area contributed by atoms with Gasteiger partial charge in [-0.05, 0) is 47.0 Å². The number of aromatic nitrogens is 2. The average molecular weight is 730 g/mol. The summed E-state index contributed by atoms with van der Waals surface area (Å²) in [4.78, 5) is 9.47. The van der Waals surface area contributed by atoms with Crippen LogP contribution in [0.3, 0.4) is 0 Å². The van der Waals surface area contributed by atoms with Gasteiger partial charge in [0.05, 0.1) is 5.52 Å². The van der Waals surface area contributed by atoms with E-state index in [2.05, 4.69) is 74.3 Å². The summed E-state index contributed by atoms with van der Waals surface area (Å²) in [6.07, 6.45) is 1.81. The van der Waals surface area contributed by atoms with Gasteiger partial charge in [0.25, 0.3) is 0 Å². The summed E-state index contributed by atoms with van der Waals surface area (Å²) in [6.45, 7) is 6.47. The second kappa shape index (κ2) is 9.68. The fourth-order valence-electron chi connectivity index (χ4n) is 5.54. The molecule has 0 spiro atoms. The van der Waals surface area contributed by atoms with Crippen LogP contribution in [0.25, 0.3) is 32.0 Å². The minimum atomic E-state index is -0.149. The molecule has 200 valence electrons. The van der Waals surface area contributed by atoms with Gasteiger partial charge in [-0.2, -0.15) is 11.3 Å². The van der Waals surface area contributed by atoms with Crippen LogP contribution < -0.4 is 25.9 Å². The van der Waals surface area contributed by atoms with E-state index < -0.39 is 0 Å². The molecule has 0 fully saturated rings. The van der Waals surface area contributed by atoms with E-state index in [1.54, 1.807) is 11.3 Å². The molecule has 0 bridgehead atoms. The molecule has 0 unspecified atom stereocenters. The van der Waals surface area contributed by atoms with E-state index in [-0.39, 0.29) is 33.2 Å². The van der Waals surface area contributed by atoms with E-state index in [0.717, 1.165) is 77.0 Å². The van der Waals surface area contributed by atoms with Crippen LogP contribution in [0, 0.1) is 12.1 Å². The first kappa shape index (κ1) is 26.2. The SMILES string of the molecule is CC(C)(C)c1cc2c3c(c1)Oc1ccc(-c4nc5ccccc5s4)[c-]c1B3c1[c-]c(-c3ccccn3)ccc1O2.[Pt+2]. The Balaban J connectivity index is 0.00000276. The zero-order chi connectivity index (χ0) is 27.0. The van der Waals surface area contributed by atoms with Crippen molar-refractivity contribution < 1.29 is 30.5 Å². The van der Waals surface area contributed by atoms with Gasteiger partial charge in [-0.1, -0.05) is 45.0 Å². The summed E-state index contributed by atoms with van der Waals surface area (Å²) in [5, 5.41) is 0.941. The Kier molecular flexibility index (Phi) is 6.18. The number of hydrogen-bond acceptors (Lipinski definition) is 5. The first-order valence-corrected chi connectivity index (χ1v) is 14.2. The Morgan fingerprint density at radius 1 is 0.756 bits per heavy atom. The van der Waals surface area contributed by atoms with Crippen molar-refractivity contribution in [3.63, 3.8) is 0 Å². The topological polar surface area (TPSA) is 44.2 Å². The van der Waals surface area contributed by atoms with Crippen LogP contribution in [0.15, 0.2) is 85.1 Å². The molecule has 4 aromatic carbocycles. The molecule has 2 aliphatic heterocycles. The smallest absolute Gasteiger partial charge is 0.503 e. The third-order valence-electron chi connectivity index (χ3n) is 7.61. The van der Waals surface area contributed by atoms with Crippen LogP contribution >= 0.6 is 11.3 Å². The summed E-state index contributed by atoms with van der Waals surface area (Å²) < 4.78 is 14.3. The minimum absolute atomic E-state index is 0. The molecule has 6 aromatic rings. The number of benzene rings is 4. The Labute approximate surface area is 257 Å². The van der Waals surface area contributed by atoms with Crippen molar-refractivity contribution in [2.45, 2.75) is 26.2 Å². The largest absolute Gasteiger partial charge is 2.00 e. The van der Waals surface area contributed by atoms with Crippen molar-refractivity contribution in [3.05, 3.63) is 103 Å². The Morgan fingerprint density at radius 2 is 1.41 bits per heavy atom. The van der Waals surface area contributed by atoms with Crippen molar-refractivity contribution >= 4 is 44.7 Å². The zero-order valence-electron chi connectivity index (χ0n) is 22.6. The molecule has 0 atom stereocenters. The van der Waals surface area contributed by atoms with Gasteiger partial charge >= 0.3 is 21.1 Å². The Bertz CT molecular complexity index is 1920. The maximum Gasteiger partial charge on any atom is 2.00 e. The average Bonchev–Trinajstić information content (AvgIpc) is 3.41. The van der Waals surface area contributed by atoms with E-state index in [1.165, 1.54) is 0 Å². The minimum Gasteiger partial charge on any atom is -0.503 e. The van der Waals surface area contributed by atoms with Crippen molar-refractivity contribution in [2.24, 2.45) is 0 Å². The molecule has 0 radical (unpaired) electrons. The molecule has 2 aromatic heterocycles. The van der Waals surface area contributed by atoms with Gasteiger partial charge in [-0.15, -0.1) is 58.5 Å². The van der Waals surface area contributed by atoms with Crippen LogP contribution in [-0.4, -0.2) is 16.7 Å². The summed E-state index contributed by atoms with van der Waals surface area (Å²) >= 11 is 1.68. The Hall–Kier alpha value is -3.73. The fourth-order valence-corrected chi connectivity index (χ4v) is 6.49. The van der Waals surface area contributed by atoms with E-state index in [4.69, 9.17) is 14.5 Å². The quantitative estimate of drug-likeness (QED) is 0.148. The number of hydrogen-bond donors (Lipinski definition) is 0. The molecule has 0 saturated heterocycles. The predicted octanol–water partition coefficient (Wildman–Crippen LogP) is 6.65. The number of pyridine rings is 1. The summed E-state index contributed by atoms with van der Waals surface area (Å²) in [5.74, 6) is 3.23. The monoisotopic (exact) mass is 729 g/mol. The number of rotatable bonds is 2. The van der Waals surface area contributed by atoms with Crippen LogP contribution in [0.1, 0.15) is 26.3 Å². The molecule has 4 nitrogen and oxygen atoms in total. The molecular formula is C34H23BN2O2PtS. The summed E-state index contributed by atoms with van der Waals surface area (Å²) in [5.41, 5.74) is 7.79. The van der Waals surface area contributed by atoms with E-state index in [9.17, 15) is 0 Å². The number of thiazole rings is 1. The second-order valence-electron chi connectivity index (χ2n) is 11.3. The maximum absolute atomic E-state index is 6.59. The first-order valence-electron chi connectivity index (χ1n) is 13.4. The molecule has 41 heavy (non-hydrogen) atoms. The molecule has 0 amide bonds. The molecule has 4 heterocycles. The molecule has 7 heteroatoms. The normalized spacial score (nSPS) is 12.9. The third kappa shape index (κ3) is 4.32. The number of fused-ring (bicyclic) bond motifs is 5. The molecule has 0 saturated carbocycles. The van der Waals surface area contributed by atoms with Crippen LogP contribution in [-0.2, 0) is 26.5 Å². The van der Waals surface area contributed by atoms with Gasteiger partial charge in [0.15, 0.2) is 0 Å². The van der Waals surface area contributed by atoms with Crippen LogP contribution in [0.5, 0.6) is 23.0 Å². The van der Waals surface area contributed by atoms with Crippen LogP contribution in [0.2, 0.25) is 0 Å².